The minimum atomic E-state index is 0.855. The van der Waals surface area contributed by atoms with Crippen LogP contribution in [0.15, 0.2) is 6.20 Å². The highest BCUT2D eigenvalue weighted by Gasteiger charge is 2.01. The Balaban J connectivity index is 2.12. The topological polar surface area (TPSA) is 39.1 Å². The zero-order valence-corrected chi connectivity index (χ0v) is 9.92. The number of nitrogens with zero attached hydrogens (tertiary/aromatic N) is 2. The van der Waals surface area contributed by atoms with E-state index in [1.807, 2.05) is 18.7 Å². The molecule has 0 spiro atoms. The van der Waals surface area contributed by atoms with E-state index in [-0.39, 0.29) is 0 Å². The highest BCUT2D eigenvalue weighted by molar-refractivity contribution is 5.14. The number of ether oxygens (including phenoxy) is 1. The van der Waals surface area contributed by atoms with E-state index in [4.69, 9.17) is 4.74 Å². The molecule has 0 radical (unpaired) electrons. The Morgan fingerprint density at radius 1 is 1.47 bits per heavy atom. The van der Waals surface area contributed by atoms with Crippen LogP contribution >= 0.6 is 0 Å². The van der Waals surface area contributed by atoms with Crippen LogP contribution in [0.1, 0.15) is 24.1 Å². The molecule has 4 nitrogen and oxygen atoms in total. The molecule has 1 aromatic heterocycles. The quantitative estimate of drug-likeness (QED) is 0.690. The summed E-state index contributed by atoms with van der Waals surface area (Å²) >= 11 is 0. The molecule has 0 aliphatic heterocycles. The summed E-state index contributed by atoms with van der Waals surface area (Å²) < 4.78 is 6.85. The van der Waals surface area contributed by atoms with Gasteiger partial charge in [0.25, 0.3) is 0 Å². The van der Waals surface area contributed by atoms with Crippen molar-refractivity contribution in [3.8, 4) is 0 Å². The molecule has 0 aromatic carbocycles. The van der Waals surface area contributed by atoms with Crippen molar-refractivity contribution >= 4 is 0 Å². The number of unbranched alkanes of at least 4 members (excludes halogenated alkanes) is 1. The van der Waals surface area contributed by atoms with Gasteiger partial charge in [-0.3, -0.25) is 4.68 Å². The summed E-state index contributed by atoms with van der Waals surface area (Å²) in [6.45, 7) is 4.85. The van der Waals surface area contributed by atoms with Crippen molar-refractivity contribution in [3.63, 3.8) is 0 Å². The van der Waals surface area contributed by atoms with Gasteiger partial charge in [-0.25, -0.2) is 0 Å². The molecule has 1 N–H and O–H groups in total. The Labute approximate surface area is 91.6 Å². The van der Waals surface area contributed by atoms with Crippen LogP contribution in [0.4, 0.5) is 0 Å². The minimum Gasteiger partial charge on any atom is -0.385 e. The zero-order chi connectivity index (χ0) is 11.1. The van der Waals surface area contributed by atoms with E-state index in [1.165, 1.54) is 5.56 Å². The van der Waals surface area contributed by atoms with Crippen LogP contribution < -0.4 is 5.32 Å². The van der Waals surface area contributed by atoms with Crippen molar-refractivity contribution < 1.29 is 4.74 Å². The fourth-order valence-corrected chi connectivity index (χ4v) is 1.54. The van der Waals surface area contributed by atoms with Crippen molar-refractivity contribution in [1.82, 2.24) is 15.1 Å². The lowest BCUT2D eigenvalue weighted by Crippen LogP contribution is -2.15. The molecule has 0 unspecified atom stereocenters. The Hall–Kier alpha value is -0.870. The number of nitrogens with one attached hydrogen (secondary N) is 1. The molecule has 0 aliphatic rings. The number of rotatable bonds is 7. The average molecular weight is 211 g/mol. The first-order chi connectivity index (χ1) is 7.24. The third-order valence-corrected chi connectivity index (χ3v) is 2.38. The molecule has 0 fully saturated rings. The summed E-state index contributed by atoms with van der Waals surface area (Å²) in [5, 5.41) is 7.70. The van der Waals surface area contributed by atoms with E-state index in [0.717, 1.165) is 38.2 Å². The minimum absolute atomic E-state index is 0.855. The second kappa shape index (κ2) is 6.58. The number of methoxy groups -OCH3 is 1. The lowest BCUT2D eigenvalue weighted by Gasteiger charge is -2.03. The van der Waals surface area contributed by atoms with Gasteiger partial charge in [-0.15, -0.1) is 0 Å². The number of aromatic nitrogens is 2. The highest BCUT2D eigenvalue weighted by atomic mass is 16.5. The van der Waals surface area contributed by atoms with Crippen molar-refractivity contribution in [2.45, 2.75) is 26.3 Å². The first-order valence-corrected chi connectivity index (χ1v) is 5.43. The summed E-state index contributed by atoms with van der Waals surface area (Å²) in [4.78, 5) is 0. The summed E-state index contributed by atoms with van der Waals surface area (Å²) in [6, 6.07) is 0. The first-order valence-electron chi connectivity index (χ1n) is 5.43. The van der Waals surface area contributed by atoms with Gasteiger partial charge in [0.15, 0.2) is 0 Å². The fourth-order valence-electron chi connectivity index (χ4n) is 1.54. The van der Waals surface area contributed by atoms with Crippen molar-refractivity contribution in [2.24, 2.45) is 7.05 Å². The Bertz CT molecular complexity index is 283. The van der Waals surface area contributed by atoms with Crippen LogP contribution in [0.5, 0.6) is 0 Å². The van der Waals surface area contributed by atoms with Crippen LogP contribution in [-0.4, -0.2) is 30.0 Å². The first kappa shape index (κ1) is 12.2. The van der Waals surface area contributed by atoms with E-state index in [1.54, 1.807) is 7.11 Å². The number of hydrogen-bond acceptors (Lipinski definition) is 3. The standard InChI is InChI=1S/C11H21N3O/c1-10-11(9-14(2)13-10)8-12-6-4-5-7-15-3/h9,12H,4-8H2,1-3H3. The van der Waals surface area contributed by atoms with Crippen molar-refractivity contribution in [1.29, 1.82) is 0 Å². The number of aryl methyl sites for hydroxylation is 2. The Kier molecular flexibility index (Phi) is 5.36. The van der Waals surface area contributed by atoms with Crippen LogP contribution in [0.25, 0.3) is 0 Å². The van der Waals surface area contributed by atoms with E-state index >= 15 is 0 Å². The van der Waals surface area contributed by atoms with E-state index in [9.17, 15) is 0 Å². The van der Waals surface area contributed by atoms with E-state index < -0.39 is 0 Å². The van der Waals surface area contributed by atoms with Crippen LogP contribution in [0.3, 0.4) is 0 Å². The summed E-state index contributed by atoms with van der Waals surface area (Å²) in [7, 11) is 3.70. The summed E-state index contributed by atoms with van der Waals surface area (Å²) in [6.07, 6.45) is 4.35. The van der Waals surface area contributed by atoms with Crippen molar-refractivity contribution in [3.05, 3.63) is 17.5 Å². The molecule has 4 heteroatoms. The molecule has 1 rings (SSSR count). The molecule has 15 heavy (non-hydrogen) atoms. The van der Waals surface area contributed by atoms with Gasteiger partial charge in [-0.05, 0) is 26.3 Å². The molecule has 0 amide bonds. The Morgan fingerprint density at radius 2 is 2.27 bits per heavy atom. The molecule has 0 aliphatic carbocycles. The van der Waals surface area contributed by atoms with Crippen molar-refractivity contribution in [2.75, 3.05) is 20.3 Å². The fraction of sp³-hybridized carbons (Fsp3) is 0.727. The maximum Gasteiger partial charge on any atom is 0.0638 e. The third-order valence-electron chi connectivity index (χ3n) is 2.38. The van der Waals surface area contributed by atoms with Gasteiger partial charge in [0.2, 0.25) is 0 Å². The lowest BCUT2D eigenvalue weighted by atomic mass is 10.2. The van der Waals surface area contributed by atoms with Gasteiger partial charge in [-0.2, -0.15) is 5.10 Å². The highest BCUT2D eigenvalue weighted by Crippen LogP contribution is 2.03. The monoisotopic (exact) mass is 211 g/mol. The molecule has 86 valence electrons. The van der Waals surface area contributed by atoms with E-state index in [0.29, 0.717) is 0 Å². The van der Waals surface area contributed by atoms with Crippen LogP contribution in [0.2, 0.25) is 0 Å². The molecule has 1 heterocycles. The average Bonchev–Trinajstić information content (AvgIpc) is 2.51. The molecular weight excluding hydrogens is 190 g/mol. The molecule has 1 aromatic rings. The normalized spacial score (nSPS) is 10.9. The number of hydrogen-bond donors (Lipinski definition) is 1. The predicted octanol–water partition coefficient (Wildman–Crippen LogP) is 1.24. The molecule has 0 bridgehead atoms. The molecular formula is C11H21N3O. The van der Waals surface area contributed by atoms with E-state index in [2.05, 4.69) is 16.6 Å². The largest absolute Gasteiger partial charge is 0.385 e. The molecule has 0 saturated carbocycles. The third kappa shape index (κ3) is 4.44. The Morgan fingerprint density at radius 3 is 2.87 bits per heavy atom. The maximum absolute atomic E-state index is 4.99. The SMILES string of the molecule is COCCCCNCc1cn(C)nc1C. The predicted molar refractivity (Wildman–Crippen MR) is 60.8 cm³/mol. The second-order valence-corrected chi connectivity index (χ2v) is 3.79. The van der Waals surface area contributed by atoms with Gasteiger partial charge >= 0.3 is 0 Å². The van der Waals surface area contributed by atoms with Crippen LogP contribution in [-0.2, 0) is 18.3 Å². The smallest absolute Gasteiger partial charge is 0.0638 e. The van der Waals surface area contributed by atoms with Crippen LogP contribution in [0, 0.1) is 6.92 Å². The van der Waals surface area contributed by atoms with Gasteiger partial charge in [0.1, 0.15) is 0 Å². The van der Waals surface area contributed by atoms with Gasteiger partial charge in [0.05, 0.1) is 5.69 Å². The molecule has 0 saturated heterocycles. The lowest BCUT2D eigenvalue weighted by molar-refractivity contribution is 0.192. The molecule has 0 atom stereocenters. The zero-order valence-electron chi connectivity index (χ0n) is 9.92. The second-order valence-electron chi connectivity index (χ2n) is 3.79. The van der Waals surface area contributed by atoms with Gasteiger partial charge in [-0.1, -0.05) is 0 Å². The summed E-state index contributed by atoms with van der Waals surface area (Å²) in [5.74, 6) is 0. The maximum atomic E-state index is 4.99. The van der Waals surface area contributed by atoms with Gasteiger partial charge < -0.3 is 10.1 Å². The summed E-state index contributed by atoms with van der Waals surface area (Å²) in [5.41, 5.74) is 2.39. The van der Waals surface area contributed by atoms with Gasteiger partial charge in [0, 0.05) is 39.1 Å².